The van der Waals surface area contributed by atoms with Gasteiger partial charge in [0.1, 0.15) is 16.9 Å². The Bertz CT molecular complexity index is 513. The predicted octanol–water partition coefficient (Wildman–Crippen LogP) is 3.28. The zero-order valence-corrected chi connectivity index (χ0v) is 14.3. The van der Waals surface area contributed by atoms with Gasteiger partial charge in [0.05, 0.1) is 6.10 Å². The first-order valence-electron chi connectivity index (χ1n) is 7.17. The fourth-order valence-electron chi connectivity index (χ4n) is 1.66. The molecule has 0 amide bonds. The molecule has 0 spiro atoms. The zero-order chi connectivity index (χ0) is 17.3. The smallest absolute Gasteiger partial charge is 0.419 e. The van der Waals surface area contributed by atoms with E-state index in [1.807, 2.05) is 0 Å². The van der Waals surface area contributed by atoms with E-state index in [2.05, 4.69) is 0 Å². The van der Waals surface area contributed by atoms with Crippen molar-refractivity contribution in [1.82, 2.24) is 4.57 Å². The van der Waals surface area contributed by atoms with Gasteiger partial charge in [0.25, 0.3) is 0 Å². The van der Waals surface area contributed by atoms with Gasteiger partial charge in [-0.05, 0) is 60.1 Å². The van der Waals surface area contributed by atoms with E-state index in [9.17, 15) is 14.7 Å². The first-order valence-corrected chi connectivity index (χ1v) is 7.17. The molecular formula is C16H25NO5. The lowest BCUT2D eigenvalue weighted by Gasteiger charge is -2.22. The summed E-state index contributed by atoms with van der Waals surface area (Å²) >= 11 is 0. The second-order valence-corrected chi connectivity index (χ2v) is 7.19. The Morgan fingerprint density at radius 2 is 1.59 bits per heavy atom. The van der Waals surface area contributed by atoms with E-state index in [1.165, 1.54) is 12.3 Å². The molecule has 124 valence electrons. The van der Waals surface area contributed by atoms with E-state index in [-0.39, 0.29) is 5.69 Å². The van der Waals surface area contributed by atoms with E-state index in [1.54, 1.807) is 48.5 Å². The molecule has 1 heterocycles. The minimum absolute atomic E-state index is 0.0278. The van der Waals surface area contributed by atoms with Gasteiger partial charge in [-0.1, -0.05) is 0 Å². The van der Waals surface area contributed by atoms with Crippen LogP contribution >= 0.6 is 0 Å². The number of esters is 1. The van der Waals surface area contributed by atoms with Crippen LogP contribution in [0.15, 0.2) is 12.3 Å². The third kappa shape index (κ3) is 5.18. The summed E-state index contributed by atoms with van der Waals surface area (Å²) in [7, 11) is 0. The fourth-order valence-corrected chi connectivity index (χ4v) is 1.66. The maximum Gasteiger partial charge on any atom is 0.419 e. The van der Waals surface area contributed by atoms with Gasteiger partial charge in [0.15, 0.2) is 0 Å². The van der Waals surface area contributed by atoms with Crippen LogP contribution in [0.4, 0.5) is 4.79 Å². The summed E-state index contributed by atoms with van der Waals surface area (Å²) in [6.07, 6.45) is -0.122. The summed E-state index contributed by atoms with van der Waals surface area (Å²) in [4.78, 5) is 24.5. The van der Waals surface area contributed by atoms with Crippen LogP contribution in [-0.4, -0.2) is 32.9 Å². The monoisotopic (exact) mass is 311 g/mol. The lowest BCUT2D eigenvalue weighted by atomic mass is 10.2. The van der Waals surface area contributed by atoms with Crippen LogP contribution in [-0.2, 0) is 9.47 Å². The molecule has 6 heteroatoms. The van der Waals surface area contributed by atoms with Gasteiger partial charge in [-0.2, -0.15) is 0 Å². The number of ether oxygens (including phenoxy) is 2. The molecular weight excluding hydrogens is 286 g/mol. The second kappa shape index (κ2) is 6.12. The predicted molar refractivity (Wildman–Crippen MR) is 81.9 cm³/mol. The van der Waals surface area contributed by atoms with Crippen molar-refractivity contribution in [3.05, 3.63) is 23.5 Å². The molecule has 0 saturated carbocycles. The van der Waals surface area contributed by atoms with Gasteiger partial charge in [-0.25, -0.2) is 14.2 Å². The molecule has 1 atom stereocenters. The van der Waals surface area contributed by atoms with Crippen LogP contribution in [0.1, 0.15) is 70.6 Å². The van der Waals surface area contributed by atoms with Crippen LogP contribution in [0.25, 0.3) is 0 Å². The highest BCUT2D eigenvalue weighted by Gasteiger charge is 2.27. The second-order valence-electron chi connectivity index (χ2n) is 7.19. The number of aliphatic hydroxyl groups is 1. The Kier molecular flexibility index (Phi) is 5.07. The lowest BCUT2D eigenvalue weighted by Crippen LogP contribution is -2.30. The van der Waals surface area contributed by atoms with Crippen molar-refractivity contribution in [3.63, 3.8) is 0 Å². The molecule has 0 aliphatic heterocycles. The van der Waals surface area contributed by atoms with E-state index in [0.717, 1.165) is 4.57 Å². The Morgan fingerprint density at radius 3 is 2.00 bits per heavy atom. The summed E-state index contributed by atoms with van der Waals surface area (Å²) < 4.78 is 11.6. The Hall–Kier alpha value is -1.82. The SMILES string of the molecule is CC(O)c1cc(C(=O)OC(C)(C)C)n(C(=O)OC(C)(C)C)c1. The van der Waals surface area contributed by atoms with Crippen molar-refractivity contribution in [2.24, 2.45) is 0 Å². The van der Waals surface area contributed by atoms with Gasteiger partial charge in [-0.15, -0.1) is 0 Å². The molecule has 0 aromatic carbocycles. The van der Waals surface area contributed by atoms with Crippen LogP contribution in [0, 0.1) is 0 Å². The molecule has 1 unspecified atom stereocenters. The molecule has 1 rings (SSSR count). The maximum absolute atomic E-state index is 12.3. The highest BCUT2D eigenvalue weighted by atomic mass is 16.6. The van der Waals surface area contributed by atoms with Crippen molar-refractivity contribution < 1.29 is 24.2 Å². The number of carbonyl (C=O) groups is 2. The Balaban J connectivity index is 3.20. The minimum Gasteiger partial charge on any atom is -0.455 e. The molecule has 0 saturated heterocycles. The number of nitrogens with zero attached hydrogens (tertiary/aromatic N) is 1. The first kappa shape index (κ1) is 18.2. The summed E-state index contributed by atoms with van der Waals surface area (Å²) in [6, 6.07) is 1.43. The average Bonchev–Trinajstić information content (AvgIpc) is 2.68. The number of rotatable bonds is 2. The molecule has 22 heavy (non-hydrogen) atoms. The van der Waals surface area contributed by atoms with Crippen molar-refractivity contribution in [2.75, 3.05) is 0 Å². The van der Waals surface area contributed by atoms with Crippen molar-refractivity contribution in [2.45, 2.75) is 65.8 Å². The van der Waals surface area contributed by atoms with Crippen LogP contribution in [0.3, 0.4) is 0 Å². The zero-order valence-electron chi connectivity index (χ0n) is 14.3. The van der Waals surface area contributed by atoms with Crippen LogP contribution in [0.2, 0.25) is 0 Å². The number of aliphatic hydroxyl groups excluding tert-OH is 1. The quantitative estimate of drug-likeness (QED) is 0.848. The Morgan fingerprint density at radius 1 is 1.09 bits per heavy atom. The minimum atomic E-state index is -0.815. The highest BCUT2D eigenvalue weighted by Crippen LogP contribution is 2.21. The third-order valence-corrected chi connectivity index (χ3v) is 2.52. The molecule has 1 N–H and O–H groups in total. The normalized spacial score (nSPS) is 13.6. The molecule has 0 bridgehead atoms. The van der Waals surface area contributed by atoms with Crippen molar-refractivity contribution in [3.8, 4) is 0 Å². The van der Waals surface area contributed by atoms with Crippen molar-refractivity contribution in [1.29, 1.82) is 0 Å². The van der Waals surface area contributed by atoms with Gasteiger partial charge < -0.3 is 14.6 Å². The molecule has 1 aromatic heterocycles. The van der Waals surface area contributed by atoms with E-state index in [4.69, 9.17) is 9.47 Å². The van der Waals surface area contributed by atoms with Crippen LogP contribution < -0.4 is 0 Å². The van der Waals surface area contributed by atoms with E-state index >= 15 is 0 Å². The molecule has 0 aliphatic carbocycles. The van der Waals surface area contributed by atoms with Gasteiger partial charge in [0, 0.05) is 6.20 Å². The highest BCUT2D eigenvalue weighted by molar-refractivity contribution is 5.92. The number of carbonyl (C=O) groups excluding carboxylic acids is 2. The maximum atomic E-state index is 12.3. The number of aromatic nitrogens is 1. The molecule has 0 fully saturated rings. The van der Waals surface area contributed by atoms with Crippen molar-refractivity contribution >= 4 is 12.1 Å². The summed E-state index contributed by atoms with van der Waals surface area (Å²) in [5.74, 6) is -0.648. The van der Waals surface area contributed by atoms with Gasteiger partial charge >= 0.3 is 12.1 Å². The molecule has 0 aliphatic rings. The standard InChI is InChI=1S/C16H25NO5/c1-10(18)11-8-12(13(19)21-15(2,3)4)17(9-11)14(20)22-16(5,6)7/h8-10,18H,1-7H3. The van der Waals surface area contributed by atoms with E-state index < -0.39 is 29.4 Å². The summed E-state index contributed by atoms with van der Waals surface area (Å²) in [6.45, 7) is 12.0. The molecule has 6 nitrogen and oxygen atoms in total. The van der Waals surface area contributed by atoms with Crippen LogP contribution in [0.5, 0.6) is 0 Å². The van der Waals surface area contributed by atoms with E-state index in [0.29, 0.717) is 5.56 Å². The fraction of sp³-hybridized carbons (Fsp3) is 0.625. The Labute approximate surface area is 131 Å². The van der Waals surface area contributed by atoms with Gasteiger partial charge in [0.2, 0.25) is 0 Å². The summed E-state index contributed by atoms with van der Waals surface area (Å²) in [5, 5.41) is 9.67. The first-order chi connectivity index (χ1) is 9.80. The number of hydrogen-bond acceptors (Lipinski definition) is 5. The third-order valence-electron chi connectivity index (χ3n) is 2.52. The van der Waals surface area contributed by atoms with Gasteiger partial charge in [-0.3, -0.25) is 0 Å². The largest absolute Gasteiger partial charge is 0.455 e. The average molecular weight is 311 g/mol. The molecule has 0 radical (unpaired) electrons. The molecule has 1 aromatic rings. The summed E-state index contributed by atoms with van der Waals surface area (Å²) in [5.41, 5.74) is -0.922. The lowest BCUT2D eigenvalue weighted by molar-refractivity contribution is 0.00492. The number of hydrogen-bond donors (Lipinski definition) is 1. The topological polar surface area (TPSA) is 77.8 Å².